The summed E-state index contributed by atoms with van der Waals surface area (Å²) in [5.41, 5.74) is 2.74. The Balaban J connectivity index is 1.73. The van der Waals surface area contributed by atoms with Gasteiger partial charge in [0.15, 0.2) is 6.10 Å². The van der Waals surface area contributed by atoms with Crippen molar-refractivity contribution in [1.29, 1.82) is 0 Å². The molecule has 1 aromatic heterocycles. The third-order valence-electron chi connectivity index (χ3n) is 5.63. The molecule has 1 amide bonds. The van der Waals surface area contributed by atoms with Gasteiger partial charge in [-0.1, -0.05) is 38.0 Å². The predicted molar refractivity (Wildman–Crippen MR) is 106 cm³/mol. The molecule has 1 fully saturated rings. The number of nitrogens with one attached hydrogen (secondary N) is 1. The van der Waals surface area contributed by atoms with E-state index in [1.165, 1.54) is 6.42 Å². The average molecular weight is 368 g/mol. The van der Waals surface area contributed by atoms with Crippen LogP contribution in [0.1, 0.15) is 61.1 Å². The molecule has 0 radical (unpaired) electrons. The van der Waals surface area contributed by atoms with Crippen molar-refractivity contribution in [3.63, 3.8) is 0 Å². The molecule has 3 unspecified atom stereocenters. The quantitative estimate of drug-likeness (QED) is 0.825. The van der Waals surface area contributed by atoms with Crippen molar-refractivity contribution >= 4 is 22.8 Å². The van der Waals surface area contributed by atoms with Gasteiger partial charge in [-0.25, -0.2) is 4.79 Å². The number of pyridine rings is 1. The molecule has 1 N–H and O–H groups in total. The highest BCUT2D eigenvalue weighted by molar-refractivity contribution is 5.99. The van der Waals surface area contributed by atoms with E-state index in [4.69, 9.17) is 4.74 Å². The van der Waals surface area contributed by atoms with E-state index in [-0.39, 0.29) is 11.9 Å². The van der Waals surface area contributed by atoms with Gasteiger partial charge in [0.05, 0.1) is 16.8 Å². The number of fused-ring (bicyclic) bond motifs is 1. The van der Waals surface area contributed by atoms with Gasteiger partial charge >= 0.3 is 5.97 Å². The number of carbonyl (C=O) groups is 2. The SMILES string of the molecule is Cc1nc2ccccc2c(C)c1C(=O)OC(C)C(=O)NC1CCCCC1C. The van der Waals surface area contributed by atoms with Crippen molar-refractivity contribution in [2.75, 3.05) is 0 Å². The second kappa shape index (κ2) is 8.07. The third kappa shape index (κ3) is 4.12. The van der Waals surface area contributed by atoms with Gasteiger partial charge in [-0.05, 0) is 51.2 Å². The molecule has 1 aliphatic rings. The van der Waals surface area contributed by atoms with Gasteiger partial charge < -0.3 is 10.1 Å². The highest BCUT2D eigenvalue weighted by atomic mass is 16.5. The molecule has 0 spiro atoms. The first-order valence-electron chi connectivity index (χ1n) is 9.75. The number of hydrogen-bond donors (Lipinski definition) is 1. The van der Waals surface area contributed by atoms with E-state index < -0.39 is 12.1 Å². The monoisotopic (exact) mass is 368 g/mol. The van der Waals surface area contributed by atoms with Crippen molar-refractivity contribution < 1.29 is 14.3 Å². The number of carbonyl (C=O) groups excluding carboxylic acids is 2. The number of amides is 1. The lowest BCUT2D eigenvalue weighted by Crippen LogP contribution is -2.46. The predicted octanol–water partition coefficient (Wildman–Crippen LogP) is 4.09. The lowest BCUT2D eigenvalue weighted by molar-refractivity contribution is -0.130. The molecule has 5 heteroatoms. The zero-order chi connectivity index (χ0) is 19.6. The summed E-state index contributed by atoms with van der Waals surface area (Å²) >= 11 is 0. The number of nitrogens with zero attached hydrogens (tertiary/aromatic N) is 1. The standard InChI is InChI=1S/C22H28N2O3/c1-13-9-5-7-11-18(13)24-21(25)16(4)27-22(26)20-14(2)17-10-6-8-12-19(17)23-15(20)3/h6,8,10,12-13,16,18H,5,7,9,11H2,1-4H3,(H,24,25). The Labute approximate surface area is 160 Å². The lowest BCUT2D eigenvalue weighted by Gasteiger charge is -2.30. The van der Waals surface area contributed by atoms with Gasteiger partial charge in [0.1, 0.15) is 0 Å². The van der Waals surface area contributed by atoms with Gasteiger partial charge in [0.2, 0.25) is 0 Å². The number of benzene rings is 1. The van der Waals surface area contributed by atoms with Crippen LogP contribution in [0.2, 0.25) is 0 Å². The van der Waals surface area contributed by atoms with Crippen molar-refractivity contribution in [3.05, 3.63) is 41.1 Å². The van der Waals surface area contributed by atoms with Crippen LogP contribution >= 0.6 is 0 Å². The summed E-state index contributed by atoms with van der Waals surface area (Å²) in [6.07, 6.45) is 3.62. The summed E-state index contributed by atoms with van der Waals surface area (Å²) < 4.78 is 5.49. The summed E-state index contributed by atoms with van der Waals surface area (Å²) in [6, 6.07) is 7.87. The summed E-state index contributed by atoms with van der Waals surface area (Å²) in [4.78, 5) is 29.8. The fraction of sp³-hybridized carbons (Fsp3) is 0.500. The molecule has 0 aliphatic heterocycles. The summed E-state index contributed by atoms with van der Waals surface area (Å²) in [5, 5.41) is 3.97. The number of esters is 1. The van der Waals surface area contributed by atoms with E-state index in [0.29, 0.717) is 17.2 Å². The Bertz CT molecular complexity index is 862. The van der Waals surface area contributed by atoms with Gasteiger partial charge in [0, 0.05) is 11.4 Å². The molecule has 3 atom stereocenters. The minimum Gasteiger partial charge on any atom is -0.449 e. The van der Waals surface area contributed by atoms with Crippen LogP contribution < -0.4 is 5.32 Å². The van der Waals surface area contributed by atoms with Crippen LogP contribution in [0.15, 0.2) is 24.3 Å². The molecule has 1 heterocycles. The number of hydrogen-bond acceptors (Lipinski definition) is 4. The molecule has 1 aromatic carbocycles. The first-order valence-corrected chi connectivity index (χ1v) is 9.75. The maximum atomic E-state index is 12.8. The number of aryl methyl sites for hydroxylation is 2. The highest BCUT2D eigenvalue weighted by Gasteiger charge is 2.27. The molecule has 0 saturated heterocycles. The van der Waals surface area contributed by atoms with E-state index >= 15 is 0 Å². The Hall–Kier alpha value is -2.43. The Morgan fingerprint density at radius 1 is 1.19 bits per heavy atom. The summed E-state index contributed by atoms with van der Waals surface area (Å²) in [7, 11) is 0. The van der Waals surface area contributed by atoms with E-state index in [2.05, 4.69) is 17.2 Å². The van der Waals surface area contributed by atoms with Crippen LogP contribution in [-0.2, 0) is 9.53 Å². The fourth-order valence-electron chi connectivity index (χ4n) is 3.94. The van der Waals surface area contributed by atoms with Crippen LogP contribution in [0.25, 0.3) is 10.9 Å². The molecule has 27 heavy (non-hydrogen) atoms. The Morgan fingerprint density at radius 2 is 1.89 bits per heavy atom. The average Bonchev–Trinajstić information content (AvgIpc) is 2.63. The normalized spacial score (nSPS) is 20.9. The van der Waals surface area contributed by atoms with Crippen molar-refractivity contribution in [2.45, 2.75) is 65.5 Å². The van der Waals surface area contributed by atoms with Gasteiger partial charge in [0.25, 0.3) is 5.91 Å². The smallest absolute Gasteiger partial charge is 0.341 e. The van der Waals surface area contributed by atoms with Crippen LogP contribution in [0, 0.1) is 19.8 Å². The zero-order valence-corrected chi connectivity index (χ0v) is 16.5. The second-order valence-corrected chi connectivity index (χ2v) is 7.64. The van der Waals surface area contributed by atoms with Crippen molar-refractivity contribution in [3.8, 4) is 0 Å². The Morgan fingerprint density at radius 3 is 2.63 bits per heavy atom. The third-order valence-corrected chi connectivity index (χ3v) is 5.63. The maximum Gasteiger partial charge on any atom is 0.341 e. The number of ether oxygens (including phenoxy) is 1. The molecule has 3 rings (SSSR count). The first-order chi connectivity index (χ1) is 12.9. The molecule has 1 saturated carbocycles. The second-order valence-electron chi connectivity index (χ2n) is 7.64. The van der Waals surface area contributed by atoms with Gasteiger partial charge in [-0.3, -0.25) is 9.78 Å². The van der Waals surface area contributed by atoms with Gasteiger partial charge in [-0.15, -0.1) is 0 Å². The van der Waals surface area contributed by atoms with Crippen molar-refractivity contribution in [2.24, 2.45) is 5.92 Å². The summed E-state index contributed by atoms with van der Waals surface area (Å²) in [6.45, 7) is 7.47. The van der Waals surface area contributed by atoms with Crippen LogP contribution in [-0.4, -0.2) is 29.0 Å². The first kappa shape index (κ1) is 19.3. The van der Waals surface area contributed by atoms with E-state index in [1.807, 2.05) is 31.2 Å². The number of para-hydroxylation sites is 1. The van der Waals surface area contributed by atoms with Crippen LogP contribution in [0.4, 0.5) is 0 Å². The highest BCUT2D eigenvalue weighted by Crippen LogP contribution is 2.25. The van der Waals surface area contributed by atoms with E-state index in [9.17, 15) is 9.59 Å². The minimum absolute atomic E-state index is 0.165. The molecule has 0 bridgehead atoms. The zero-order valence-electron chi connectivity index (χ0n) is 16.5. The molecule has 1 aliphatic carbocycles. The Kier molecular flexibility index (Phi) is 5.78. The molecule has 5 nitrogen and oxygen atoms in total. The fourth-order valence-corrected chi connectivity index (χ4v) is 3.94. The topological polar surface area (TPSA) is 68.3 Å². The minimum atomic E-state index is -0.836. The van der Waals surface area contributed by atoms with Gasteiger partial charge in [-0.2, -0.15) is 0 Å². The maximum absolute atomic E-state index is 12.8. The molecular weight excluding hydrogens is 340 g/mol. The summed E-state index contributed by atoms with van der Waals surface area (Å²) in [5.74, 6) is -0.270. The van der Waals surface area contributed by atoms with Crippen molar-refractivity contribution in [1.82, 2.24) is 10.3 Å². The number of aromatic nitrogens is 1. The van der Waals surface area contributed by atoms with Crippen LogP contribution in [0.3, 0.4) is 0 Å². The molecular formula is C22H28N2O3. The van der Waals surface area contributed by atoms with Crippen LogP contribution in [0.5, 0.6) is 0 Å². The molecule has 2 aromatic rings. The number of rotatable bonds is 4. The molecule has 144 valence electrons. The van der Waals surface area contributed by atoms with E-state index in [0.717, 1.165) is 35.7 Å². The largest absolute Gasteiger partial charge is 0.449 e. The lowest BCUT2D eigenvalue weighted by atomic mass is 9.86. The van der Waals surface area contributed by atoms with E-state index in [1.54, 1.807) is 13.8 Å².